The molecule has 6 atom stereocenters. The van der Waals surface area contributed by atoms with Gasteiger partial charge in [-0.25, -0.2) is 0 Å². The van der Waals surface area contributed by atoms with Crippen LogP contribution in [0, 0.1) is 35.5 Å². The van der Waals surface area contributed by atoms with Crippen LogP contribution in [0.25, 0.3) is 0 Å². The van der Waals surface area contributed by atoms with E-state index in [1.165, 1.54) is 24.2 Å². The van der Waals surface area contributed by atoms with Crippen LogP contribution in [0.2, 0.25) is 0 Å². The third kappa shape index (κ3) is 0.457. The van der Waals surface area contributed by atoms with Gasteiger partial charge in [0.05, 0.1) is 0 Å². The van der Waals surface area contributed by atoms with Crippen molar-refractivity contribution in [1.29, 1.82) is 0 Å². The van der Waals surface area contributed by atoms with Crippen molar-refractivity contribution in [3.8, 4) is 0 Å². The summed E-state index contributed by atoms with van der Waals surface area (Å²) < 4.78 is 0. The van der Waals surface area contributed by atoms with Gasteiger partial charge in [0.1, 0.15) is 0 Å². The van der Waals surface area contributed by atoms with Crippen LogP contribution in [0.3, 0.4) is 0 Å². The van der Waals surface area contributed by atoms with Crippen LogP contribution in [0.4, 0.5) is 0 Å². The summed E-state index contributed by atoms with van der Waals surface area (Å²) in [5, 5.41) is 0. The lowest BCUT2D eigenvalue weighted by atomic mass is 9.82. The van der Waals surface area contributed by atoms with E-state index >= 15 is 0 Å². The van der Waals surface area contributed by atoms with E-state index < -0.39 is 0 Å². The van der Waals surface area contributed by atoms with Gasteiger partial charge in [-0.1, -0.05) is 12.2 Å². The van der Waals surface area contributed by atoms with E-state index in [0.717, 1.165) is 17.8 Å². The van der Waals surface area contributed by atoms with Crippen LogP contribution < -0.4 is 0 Å². The van der Waals surface area contributed by atoms with Crippen molar-refractivity contribution in [2.45, 2.75) is 19.3 Å². The predicted molar refractivity (Wildman–Crippen MR) is 43.9 cm³/mol. The van der Waals surface area contributed by atoms with Gasteiger partial charge in [0.25, 0.3) is 0 Å². The topological polar surface area (TPSA) is 0 Å². The van der Waals surface area contributed by atoms with Crippen molar-refractivity contribution in [2.75, 3.05) is 0 Å². The molecule has 0 aliphatic heterocycles. The highest BCUT2D eigenvalue weighted by atomic mass is 14.7. The molecule has 0 N–H and O–H groups in total. The Kier molecular flexibility index (Phi) is 0.706. The molecule has 58 valence electrons. The van der Waals surface area contributed by atoms with E-state index in [9.17, 15) is 0 Å². The maximum atomic E-state index is 2.53. The normalized spacial score (nSPS) is 68.4. The van der Waals surface area contributed by atoms with E-state index in [2.05, 4.69) is 12.2 Å². The van der Waals surface area contributed by atoms with Crippen molar-refractivity contribution in [1.82, 2.24) is 0 Å². The number of hydrogen-bond donors (Lipinski definition) is 0. The van der Waals surface area contributed by atoms with Gasteiger partial charge in [0, 0.05) is 0 Å². The van der Waals surface area contributed by atoms with Crippen LogP contribution in [-0.4, -0.2) is 0 Å². The molecule has 4 rings (SSSR count). The second-order valence-corrected chi connectivity index (χ2v) is 5.03. The minimum absolute atomic E-state index is 1.05. The van der Waals surface area contributed by atoms with Crippen LogP contribution in [0.15, 0.2) is 12.2 Å². The average Bonchev–Trinajstić information content (AvgIpc) is 2.46. The van der Waals surface area contributed by atoms with Gasteiger partial charge in [0.2, 0.25) is 0 Å². The Hall–Kier alpha value is -0.260. The molecule has 0 aromatic heterocycles. The van der Waals surface area contributed by atoms with Gasteiger partial charge in [-0.2, -0.15) is 0 Å². The number of rotatable bonds is 0. The molecule has 11 heavy (non-hydrogen) atoms. The Bertz CT molecular complexity index is 240. The van der Waals surface area contributed by atoms with Crippen LogP contribution >= 0.6 is 0 Å². The summed E-state index contributed by atoms with van der Waals surface area (Å²) in [7, 11) is 0. The zero-order chi connectivity index (χ0) is 7.00. The molecule has 0 heteroatoms. The first-order valence-corrected chi connectivity index (χ1v) is 5.12. The SMILES string of the molecule is C1=C[C@H]2[C@@H](C1)[C@H]1C[C@@H]2[C@@H]2C[C@@H]21. The Morgan fingerprint density at radius 3 is 2.55 bits per heavy atom. The van der Waals surface area contributed by atoms with Crippen LogP contribution in [0.5, 0.6) is 0 Å². The maximum absolute atomic E-state index is 2.53. The second kappa shape index (κ2) is 1.44. The van der Waals surface area contributed by atoms with E-state index in [-0.39, 0.29) is 0 Å². The highest BCUT2D eigenvalue weighted by Gasteiger charge is 2.64. The minimum atomic E-state index is 1.05. The summed E-state index contributed by atoms with van der Waals surface area (Å²) in [4.78, 5) is 0. The van der Waals surface area contributed by atoms with Crippen molar-refractivity contribution in [3.05, 3.63) is 12.2 Å². The third-order valence-electron chi connectivity index (χ3n) is 4.84. The minimum Gasteiger partial charge on any atom is -0.0879 e. The molecule has 0 aromatic rings. The Balaban J connectivity index is 1.82. The zero-order valence-electron chi connectivity index (χ0n) is 6.74. The molecule has 3 saturated carbocycles. The first kappa shape index (κ1) is 5.40. The summed E-state index contributed by atoms with van der Waals surface area (Å²) in [6.07, 6.45) is 9.61. The Labute approximate surface area is 67.7 Å². The molecule has 2 bridgehead atoms. The van der Waals surface area contributed by atoms with Crippen molar-refractivity contribution in [3.63, 3.8) is 0 Å². The lowest BCUT2D eigenvalue weighted by Gasteiger charge is -2.23. The van der Waals surface area contributed by atoms with Crippen molar-refractivity contribution in [2.24, 2.45) is 35.5 Å². The van der Waals surface area contributed by atoms with E-state index in [4.69, 9.17) is 0 Å². The van der Waals surface area contributed by atoms with Gasteiger partial charge in [0.15, 0.2) is 0 Å². The van der Waals surface area contributed by atoms with Gasteiger partial charge in [-0.15, -0.1) is 0 Å². The van der Waals surface area contributed by atoms with Gasteiger partial charge < -0.3 is 0 Å². The fourth-order valence-electron chi connectivity index (χ4n) is 4.43. The lowest BCUT2D eigenvalue weighted by molar-refractivity contribution is 0.272. The summed E-state index contributed by atoms with van der Waals surface area (Å²) in [5.41, 5.74) is 0. The number of fused-ring (bicyclic) bond motifs is 8. The molecule has 0 spiro atoms. The molecule has 0 saturated heterocycles. The molecule has 0 radical (unpaired) electrons. The quantitative estimate of drug-likeness (QED) is 0.460. The van der Waals surface area contributed by atoms with Gasteiger partial charge >= 0.3 is 0 Å². The number of allylic oxidation sites excluding steroid dienone is 2. The van der Waals surface area contributed by atoms with Crippen LogP contribution in [0.1, 0.15) is 19.3 Å². The molecule has 0 heterocycles. The second-order valence-electron chi connectivity index (χ2n) is 5.03. The van der Waals surface area contributed by atoms with Crippen molar-refractivity contribution < 1.29 is 0 Å². The van der Waals surface area contributed by atoms with E-state index in [0.29, 0.717) is 0 Å². The lowest BCUT2D eigenvalue weighted by Crippen LogP contribution is -2.18. The fourth-order valence-corrected chi connectivity index (χ4v) is 4.43. The third-order valence-corrected chi connectivity index (χ3v) is 4.84. The van der Waals surface area contributed by atoms with Crippen LogP contribution in [-0.2, 0) is 0 Å². The Morgan fingerprint density at radius 2 is 1.55 bits per heavy atom. The van der Waals surface area contributed by atoms with E-state index in [1.54, 1.807) is 12.8 Å². The number of hydrogen-bond acceptors (Lipinski definition) is 0. The maximum Gasteiger partial charge on any atom is -0.0168 e. The molecule has 4 aliphatic rings. The highest BCUT2D eigenvalue weighted by molar-refractivity contribution is 5.20. The molecule has 0 amide bonds. The summed E-state index contributed by atoms with van der Waals surface area (Å²) >= 11 is 0. The average molecular weight is 146 g/mol. The molecule has 0 nitrogen and oxygen atoms in total. The standard InChI is InChI=1S/C11H14/c1-2-6-7(3-1)9-4-8(6)10-5-11(9)10/h1-2,6-11H,3-5H2/t6-,7+,8-,9+,10-,11+/m0/s1. The largest absolute Gasteiger partial charge is 0.0879 e. The smallest absolute Gasteiger partial charge is 0.0168 e. The van der Waals surface area contributed by atoms with Gasteiger partial charge in [-0.05, 0) is 54.8 Å². The first-order valence-electron chi connectivity index (χ1n) is 5.12. The molecule has 0 unspecified atom stereocenters. The zero-order valence-corrected chi connectivity index (χ0v) is 6.74. The molecule has 3 fully saturated rings. The summed E-state index contributed by atoms with van der Waals surface area (Å²) in [6, 6.07) is 0. The molecular formula is C11H14. The Morgan fingerprint density at radius 1 is 0.818 bits per heavy atom. The monoisotopic (exact) mass is 146 g/mol. The van der Waals surface area contributed by atoms with Crippen molar-refractivity contribution >= 4 is 0 Å². The summed E-state index contributed by atoms with van der Waals surface area (Å²) in [6.45, 7) is 0. The van der Waals surface area contributed by atoms with Gasteiger partial charge in [-0.3, -0.25) is 0 Å². The highest BCUT2D eigenvalue weighted by Crippen LogP contribution is 2.71. The molecule has 0 aromatic carbocycles. The first-order chi connectivity index (χ1) is 5.45. The predicted octanol–water partition coefficient (Wildman–Crippen LogP) is 2.46. The molecule has 4 aliphatic carbocycles. The summed E-state index contributed by atoms with van der Waals surface area (Å²) in [5.74, 6) is 6.89. The van der Waals surface area contributed by atoms with E-state index in [1.807, 2.05) is 0 Å². The fraction of sp³-hybridized carbons (Fsp3) is 0.818. The molecular weight excluding hydrogens is 132 g/mol.